The molecular formula is C16H21N3OS. The molecule has 2 aromatic heterocycles. The van der Waals surface area contributed by atoms with Crippen molar-refractivity contribution in [3.63, 3.8) is 0 Å². The zero-order chi connectivity index (χ0) is 15.5. The third-order valence-corrected chi connectivity index (χ3v) is 4.23. The normalized spacial score (nSPS) is 11.4. The first-order valence-corrected chi connectivity index (χ1v) is 7.88. The van der Waals surface area contributed by atoms with E-state index < -0.39 is 0 Å². The molecule has 5 heteroatoms. The number of hydrogen-bond acceptors (Lipinski definition) is 5. The zero-order valence-corrected chi connectivity index (χ0v) is 13.8. The number of aldehydes is 1. The Balaban J connectivity index is 2.31. The van der Waals surface area contributed by atoms with Gasteiger partial charge in [0.05, 0.1) is 22.8 Å². The van der Waals surface area contributed by atoms with Gasteiger partial charge in [0.1, 0.15) is 0 Å². The lowest BCUT2D eigenvalue weighted by molar-refractivity contribution is 0.112. The van der Waals surface area contributed by atoms with Crippen molar-refractivity contribution in [2.45, 2.75) is 39.7 Å². The number of aromatic nitrogens is 2. The smallest absolute Gasteiger partial charge is 0.186 e. The van der Waals surface area contributed by atoms with E-state index >= 15 is 0 Å². The molecule has 0 atom stereocenters. The van der Waals surface area contributed by atoms with Crippen LogP contribution in [0.5, 0.6) is 0 Å². The Kier molecular flexibility index (Phi) is 4.73. The van der Waals surface area contributed by atoms with Crippen molar-refractivity contribution in [2.24, 2.45) is 0 Å². The van der Waals surface area contributed by atoms with E-state index in [1.54, 1.807) is 6.20 Å². The minimum Gasteiger partial charge on any atom is -0.342 e. The number of anilines is 1. The Hall–Kier alpha value is -1.75. The van der Waals surface area contributed by atoms with Crippen molar-refractivity contribution in [3.8, 4) is 0 Å². The van der Waals surface area contributed by atoms with E-state index in [1.165, 1.54) is 11.3 Å². The molecule has 112 valence electrons. The number of nitrogens with zero attached hydrogens (tertiary/aromatic N) is 3. The van der Waals surface area contributed by atoms with Gasteiger partial charge in [0, 0.05) is 18.2 Å². The second kappa shape index (κ2) is 6.35. The average molecular weight is 303 g/mol. The second-order valence-corrected chi connectivity index (χ2v) is 6.92. The molecule has 0 unspecified atom stereocenters. The molecule has 0 fully saturated rings. The molecule has 0 aliphatic rings. The highest BCUT2D eigenvalue weighted by molar-refractivity contribution is 7.17. The van der Waals surface area contributed by atoms with Crippen molar-refractivity contribution in [1.29, 1.82) is 0 Å². The highest BCUT2D eigenvalue weighted by Gasteiger charge is 2.24. The third kappa shape index (κ3) is 3.67. The highest BCUT2D eigenvalue weighted by Crippen LogP contribution is 2.33. The molecule has 0 saturated carbocycles. The molecule has 0 amide bonds. The summed E-state index contributed by atoms with van der Waals surface area (Å²) in [6, 6.07) is 5.89. The summed E-state index contributed by atoms with van der Waals surface area (Å²) in [5, 5.41) is 0.884. The van der Waals surface area contributed by atoms with E-state index in [-0.39, 0.29) is 5.41 Å². The predicted molar refractivity (Wildman–Crippen MR) is 87.2 cm³/mol. The Morgan fingerprint density at radius 1 is 1.33 bits per heavy atom. The molecule has 0 N–H and O–H groups in total. The van der Waals surface area contributed by atoms with Crippen LogP contribution < -0.4 is 4.90 Å². The molecule has 2 rings (SSSR count). The Labute approximate surface area is 129 Å². The molecule has 0 aliphatic heterocycles. The van der Waals surface area contributed by atoms with Crippen LogP contribution >= 0.6 is 11.3 Å². The Morgan fingerprint density at radius 2 is 2.10 bits per heavy atom. The quantitative estimate of drug-likeness (QED) is 0.791. The van der Waals surface area contributed by atoms with Crippen LogP contribution in [0.2, 0.25) is 0 Å². The maximum absolute atomic E-state index is 11.3. The first kappa shape index (κ1) is 15.6. The van der Waals surface area contributed by atoms with E-state index in [1.807, 2.05) is 18.2 Å². The summed E-state index contributed by atoms with van der Waals surface area (Å²) in [6.45, 7) is 9.84. The summed E-state index contributed by atoms with van der Waals surface area (Å²) >= 11 is 1.46. The van der Waals surface area contributed by atoms with E-state index in [4.69, 9.17) is 4.98 Å². The molecule has 0 aromatic carbocycles. The summed E-state index contributed by atoms with van der Waals surface area (Å²) in [6.07, 6.45) is 2.71. The lowest BCUT2D eigenvalue weighted by Crippen LogP contribution is -2.23. The lowest BCUT2D eigenvalue weighted by Gasteiger charge is -2.20. The predicted octanol–water partition coefficient (Wildman–Crippen LogP) is 3.67. The van der Waals surface area contributed by atoms with Crippen LogP contribution in [0.3, 0.4) is 0 Å². The molecule has 0 saturated heterocycles. The molecule has 21 heavy (non-hydrogen) atoms. The Bertz CT molecular complexity index is 602. The topological polar surface area (TPSA) is 46.1 Å². The van der Waals surface area contributed by atoms with E-state index in [9.17, 15) is 4.79 Å². The number of hydrogen-bond donors (Lipinski definition) is 0. The number of pyridine rings is 1. The van der Waals surface area contributed by atoms with E-state index in [2.05, 4.69) is 37.6 Å². The zero-order valence-electron chi connectivity index (χ0n) is 13.0. The molecule has 0 aliphatic carbocycles. The van der Waals surface area contributed by atoms with Crippen molar-refractivity contribution >= 4 is 22.8 Å². The van der Waals surface area contributed by atoms with Gasteiger partial charge in [-0.1, -0.05) is 38.2 Å². The van der Waals surface area contributed by atoms with E-state index in [0.717, 1.165) is 34.2 Å². The van der Waals surface area contributed by atoms with E-state index in [0.29, 0.717) is 6.54 Å². The molecule has 0 bridgehead atoms. The van der Waals surface area contributed by atoms with Gasteiger partial charge in [-0.2, -0.15) is 0 Å². The van der Waals surface area contributed by atoms with Gasteiger partial charge in [0.2, 0.25) is 0 Å². The SMILES string of the molecule is CCN(Cc1ccccn1)c1nc(C(C)(C)C)c(C=O)s1. The third-order valence-electron chi connectivity index (χ3n) is 3.19. The number of carbonyl (C=O) groups is 1. The van der Waals surface area contributed by atoms with Gasteiger partial charge in [0.15, 0.2) is 11.4 Å². The fraction of sp³-hybridized carbons (Fsp3) is 0.438. The van der Waals surface area contributed by atoms with Crippen molar-refractivity contribution in [3.05, 3.63) is 40.7 Å². The molecule has 2 aromatic rings. The monoisotopic (exact) mass is 303 g/mol. The maximum atomic E-state index is 11.3. The summed E-state index contributed by atoms with van der Waals surface area (Å²) < 4.78 is 0. The molecule has 4 nitrogen and oxygen atoms in total. The van der Waals surface area contributed by atoms with Crippen molar-refractivity contribution in [2.75, 3.05) is 11.4 Å². The van der Waals surface area contributed by atoms with Crippen LogP contribution in [0.4, 0.5) is 5.13 Å². The van der Waals surface area contributed by atoms with Crippen molar-refractivity contribution in [1.82, 2.24) is 9.97 Å². The van der Waals surface area contributed by atoms with Crippen LogP contribution in [0.25, 0.3) is 0 Å². The number of rotatable bonds is 5. The van der Waals surface area contributed by atoms with Crippen LogP contribution in [-0.2, 0) is 12.0 Å². The first-order valence-electron chi connectivity index (χ1n) is 7.07. The van der Waals surface area contributed by atoms with Gasteiger partial charge in [-0.15, -0.1) is 0 Å². The van der Waals surface area contributed by atoms with Crippen LogP contribution in [0, 0.1) is 0 Å². The van der Waals surface area contributed by atoms with Gasteiger partial charge in [-0.05, 0) is 19.1 Å². The fourth-order valence-electron chi connectivity index (χ4n) is 2.07. The minimum atomic E-state index is -0.130. The molecular weight excluding hydrogens is 282 g/mol. The Morgan fingerprint density at radius 3 is 2.57 bits per heavy atom. The molecule has 2 heterocycles. The van der Waals surface area contributed by atoms with Gasteiger partial charge >= 0.3 is 0 Å². The highest BCUT2D eigenvalue weighted by atomic mass is 32.1. The average Bonchev–Trinajstić information content (AvgIpc) is 2.90. The van der Waals surface area contributed by atoms with Gasteiger partial charge in [0.25, 0.3) is 0 Å². The maximum Gasteiger partial charge on any atom is 0.186 e. The fourth-order valence-corrected chi connectivity index (χ4v) is 3.23. The van der Waals surface area contributed by atoms with Crippen molar-refractivity contribution < 1.29 is 4.79 Å². The summed E-state index contributed by atoms with van der Waals surface area (Å²) in [5.41, 5.74) is 1.74. The minimum absolute atomic E-state index is 0.130. The first-order chi connectivity index (χ1) is 9.95. The van der Waals surface area contributed by atoms with Crippen LogP contribution in [-0.4, -0.2) is 22.8 Å². The van der Waals surface area contributed by atoms with Crippen LogP contribution in [0.1, 0.15) is 48.8 Å². The van der Waals surface area contributed by atoms with Crippen LogP contribution in [0.15, 0.2) is 24.4 Å². The summed E-state index contributed by atoms with van der Waals surface area (Å²) in [5.74, 6) is 0. The second-order valence-electron chi connectivity index (χ2n) is 5.91. The largest absolute Gasteiger partial charge is 0.342 e. The van der Waals surface area contributed by atoms with Gasteiger partial charge < -0.3 is 4.90 Å². The number of carbonyl (C=O) groups excluding carboxylic acids is 1. The molecule has 0 spiro atoms. The van der Waals surface area contributed by atoms with Gasteiger partial charge in [-0.3, -0.25) is 9.78 Å². The van der Waals surface area contributed by atoms with Gasteiger partial charge in [-0.25, -0.2) is 4.98 Å². The number of thiazole rings is 1. The lowest BCUT2D eigenvalue weighted by atomic mass is 9.91. The standard InChI is InChI=1S/C16H21N3OS/c1-5-19(10-12-8-6-7-9-17-12)15-18-14(16(2,3)4)13(11-20)21-15/h6-9,11H,5,10H2,1-4H3. The molecule has 0 radical (unpaired) electrons. The summed E-state index contributed by atoms with van der Waals surface area (Å²) in [4.78, 5) is 23.2. The summed E-state index contributed by atoms with van der Waals surface area (Å²) in [7, 11) is 0.